The molecule has 2 aliphatic carbocycles. The van der Waals surface area contributed by atoms with Gasteiger partial charge in [-0.15, -0.1) is 0 Å². The van der Waals surface area contributed by atoms with Crippen molar-refractivity contribution >= 4 is 10.0 Å². The fraction of sp³-hybridized carbons (Fsp3) is 0.800. The monoisotopic (exact) mass is 325 g/mol. The highest BCUT2D eigenvalue weighted by Crippen LogP contribution is 2.33. The number of aromatic nitrogens is 2. The topological polar surface area (TPSA) is 64.4 Å². The molecular formula is C15H23N3O3S. The predicted molar refractivity (Wildman–Crippen MR) is 81.6 cm³/mol. The minimum Gasteiger partial charge on any atom is -0.381 e. The molecule has 1 aromatic rings. The summed E-state index contributed by atoms with van der Waals surface area (Å²) in [7, 11) is -3.17. The summed E-state index contributed by atoms with van der Waals surface area (Å²) in [5.41, 5.74) is 0. The van der Waals surface area contributed by atoms with E-state index in [-0.39, 0.29) is 11.2 Å². The highest BCUT2D eigenvalue weighted by atomic mass is 32.2. The second-order valence-electron chi connectivity index (χ2n) is 6.88. The van der Waals surface area contributed by atoms with E-state index in [2.05, 4.69) is 9.55 Å². The lowest BCUT2D eigenvalue weighted by Crippen LogP contribution is -2.37. The van der Waals surface area contributed by atoms with Crippen LogP contribution in [0.15, 0.2) is 12.4 Å². The first-order chi connectivity index (χ1) is 10.6. The Kier molecular flexibility index (Phi) is 3.74. The number of ether oxygens (including phenoxy) is 1. The van der Waals surface area contributed by atoms with Crippen LogP contribution in [0, 0.1) is 11.8 Å². The molecule has 1 unspecified atom stereocenters. The Labute approximate surface area is 131 Å². The zero-order valence-corrected chi connectivity index (χ0v) is 13.5. The van der Waals surface area contributed by atoms with Crippen LogP contribution < -0.4 is 0 Å². The predicted octanol–water partition coefficient (Wildman–Crippen LogP) is 1.23. The third kappa shape index (κ3) is 3.07. The molecule has 2 saturated carbocycles. The van der Waals surface area contributed by atoms with E-state index in [0.717, 1.165) is 37.7 Å². The van der Waals surface area contributed by atoms with Crippen LogP contribution in [0.1, 0.15) is 31.5 Å². The van der Waals surface area contributed by atoms with Gasteiger partial charge < -0.3 is 9.30 Å². The van der Waals surface area contributed by atoms with Gasteiger partial charge in [0.1, 0.15) is 5.82 Å². The molecular weight excluding hydrogens is 302 g/mol. The van der Waals surface area contributed by atoms with E-state index in [1.807, 2.05) is 6.20 Å². The second-order valence-corrected chi connectivity index (χ2v) is 9.09. The van der Waals surface area contributed by atoms with Gasteiger partial charge in [0.15, 0.2) is 0 Å². The molecule has 2 heterocycles. The molecule has 1 aromatic heterocycles. The van der Waals surface area contributed by atoms with Crippen molar-refractivity contribution in [1.82, 2.24) is 13.9 Å². The molecule has 4 rings (SSSR count). The van der Waals surface area contributed by atoms with Crippen LogP contribution in [-0.2, 0) is 27.8 Å². The Morgan fingerprint density at radius 3 is 2.64 bits per heavy atom. The summed E-state index contributed by atoms with van der Waals surface area (Å²) in [6.07, 6.45) is 7.85. The van der Waals surface area contributed by atoms with Crippen molar-refractivity contribution in [2.75, 3.05) is 19.8 Å². The van der Waals surface area contributed by atoms with E-state index in [1.54, 1.807) is 10.5 Å². The number of fused-ring (bicyclic) bond motifs is 1. The van der Waals surface area contributed by atoms with Crippen molar-refractivity contribution in [1.29, 1.82) is 0 Å². The van der Waals surface area contributed by atoms with Gasteiger partial charge in [0.05, 0.1) is 18.4 Å². The van der Waals surface area contributed by atoms with Gasteiger partial charge in [-0.2, -0.15) is 4.31 Å². The Morgan fingerprint density at radius 2 is 1.91 bits per heavy atom. The lowest BCUT2D eigenvalue weighted by atomic mass is 10.1. The molecule has 22 heavy (non-hydrogen) atoms. The molecule has 7 heteroatoms. The molecule has 0 spiro atoms. The van der Waals surface area contributed by atoms with Crippen molar-refractivity contribution in [2.24, 2.45) is 11.8 Å². The average molecular weight is 325 g/mol. The molecule has 0 N–H and O–H groups in total. The van der Waals surface area contributed by atoms with Gasteiger partial charge in [-0.3, -0.25) is 0 Å². The van der Waals surface area contributed by atoms with Gasteiger partial charge in [0, 0.05) is 38.0 Å². The van der Waals surface area contributed by atoms with Gasteiger partial charge in [-0.25, -0.2) is 13.4 Å². The van der Waals surface area contributed by atoms with Crippen molar-refractivity contribution in [3.8, 4) is 0 Å². The van der Waals surface area contributed by atoms with E-state index in [0.29, 0.717) is 19.7 Å². The highest BCUT2D eigenvalue weighted by molar-refractivity contribution is 7.90. The second kappa shape index (κ2) is 5.62. The molecule has 3 aliphatic rings. The van der Waals surface area contributed by atoms with Gasteiger partial charge in [0.25, 0.3) is 0 Å². The maximum Gasteiger partial charge on any atom is 0.217 e. The normalized spacial score (nSPS) is 26.6. The quantitative estimate of drug-likeness (QED) is 0.789. The molecule has 0 aromatic carbocycles. The molecule has 0 amide bonds. The van der Waals surface area contributed by atoms with Crippen LogP contribution in [0.25, 0.3) is 0 Å². The number of imidazole rings is 1. The fourth-order valence-corrected chi connectivity index (χ4v) is 4.93. The largest absolute Gasteiger partial charge is 0.381 e. The summed E-state index contributed by atoms with van der Waals surface area (Å²) < 4.78 is 34.8. The van der Waals surface area contributed by atoms with Crippen LogP contribution in [-0.4, -0.2) is 47.3 Å². The highest BCUT2D eigenvalue weighted by Gasteiger charge is 2.42. The summed E-state index contributed by atoms with van der Waals surface area (Å²) in [4.78, 5) is 4.33. The van der Waals surface area contributed by atoms with E-state index in [1.165, 1.54) is 12.8 Å². The Bertz CT molecular complexity index is 634. The van der Waals surface area contributed by atoms with Gasteiger partial charge in [-0.1, -0.05) is 0 Å². The molecule has 2 fully saturated rings. The van der Waals surface area contributed by atoms with Crippen LogP contribution in [0.2, 0.25) is 0 Å². The van der Waals surface area contributed by atoms with E-state index in [9.17, 15) is 8.42 Å². The lowest BCUT2D eigenvalue weighted by Gasteiger charge is -2.23. The molecule has 122 valence electrons. The van der Waals surface area contributed by atoms with Crippen molar-refractivity contribution < 1.29 is 13.2 Å². The minimum atomic E-state index is -3.17. The maximum absolute atomic E-state index is 12.6. The van der Waals surface area contributed by atoms with Crippen LogP contribution >= 0.6 is 0 Å². The minimum absolute atomic E-state index is 0.165. The molecule has 0 bridgehead atoms. The summed E-state index contributed by atoms with van der Waals surface area (Å²) >= 11 is 0. The van der Waals surface area contributed by atoms with Crippen LogP contribution in [0.5, 0.6) is 0 Å². The van der Waals surface area contributed by atoms with Crippen LogP contribution in [0.4, 0.5) is 0 Å². The standard InChI is InChI=1S/C15H23N3O3S/c19-22(20,14-3-4-14)18-8-13(11-21-10-12-1-2-12)7-17-6-5-16-15(17)9-18/h5-6,12-14H,1-4,7-11H2. The van der Waals surface area contributed by atoms with Gasteiger partial charge in [0.2, 0.25) is 10.0 Å². The Morgan fingerprint density at radius 1 is 1.14 bits per heavy atom. The third-order valence-corrected chi connectivity index (χ3v) is 7.06. The number of nitrogens with zero attached hydrogens (tertiary/aromatic N) is 3. The summed E-state index contributed by atoms with van der Waals surface area (Å²) in [5, 5.41) is -0.165. The molecule has 0 radical (unpaired) electrons. The average Bonchev–Trinajstić information content (AvgIpc) is 3.36. The SMILES string of the molecule is O=S(=O)(C1CC1)N1Cc2nccn2CC(COCC2CC2)C1. The number of hydrogen-bond acceptors (Lipinski definition) is 4. The zero-order chi connectivity index (χ0) is 15.2. The molecule has 6 nitrogen and oxygen atoms in total. The Balaban J connectivity index is 1.49. The number of rotatable bonds is 6. The zero-order valence-electron chi connectivity index (χ0n) is 12.7. The van der Waals surface area contributed by atoms with Crippen LogP contribution in [0.3, 0.4) is 0 Å². The maximum atomic E-state index is 12.6. The number of sulfonamides is 1. The summed E-state index contributed by atoms with van der Waals surface area (Å²) in [6, 6.07) is 0. The molecule has 1 aliphatic heterocycles. The first-order valence-electron chi connectivity index (χ1n) is 8.19. The molecule has 1 atom stereocenters. The fourth-order valence-electron chi connectivity index (χ4n) is 3.07. The first-order valence-corrected chi connectivity index (χ1v) is 9.70. The van der Waals surface area contributed by atoms with Gasteiger partial charge in [-0.05, 0) is 31.6 Å². The van der Waals surface area contributed by atoms with E-state index >= 15 is 0 Å². The van der Waals surface area contributed by atoms with Gasteiger partial charge >= 0.3 is 0 Å². The van der Waals surface area contributed by atoms with E-state index < -0.39 is 10.0 Å². The van der Waals surface area contributed by atoms with Crippen molar-refractivity contribution in [2.45, 2.75) is 44.0 Å². The smallest absolute Gasteiger partial charge is 0.217 e. The number of hydrogen-bond donors (Lipinski definition) is 0. The van der Waals surface area contributed by atoms with E-state index in [4.69, 9.17) is 4.74 Å². The third-order valence-electron chi connectivity index (χ3n) is 4.75. The van der Waals surface area contributed by atoms with Crippen molar-refractivity contribution in [3.05, 3.63) is 18.2 Å². The summed E-state index contributed by atoms with van der Waals surface area (Å²) in [5.74, 6) is 1.78. The lowest BCUT2D eigenvalue weighted by molar-refractivity contribution is 0.0808. The first kappa shape index (κ1) is 14.7. The Hall–Kier alpha value is -0.920. The van der Waals surface area contributed by atoms with Crippen molar-refractivity contribution in [3.63, 3.8) is 0 Å². The molecule has 0 saturated heterocycles. The summed E-state index contributed by atoms with van der Waals surface area (Å²) in [6.45, 7) is 3.18.